The highest BCUT2D eigenvalue weighted by Crippen LogP contribution is 1.87. The van der Waals surface area contributed by atoms with Crippen LogP contribution in [0.3, 0.4) is 0 Å². The lowest BCUT2D eigenvalue weighted by Gasteiger charge is -2.14. The largest absolute Gasteiger partial charge is 0.355 e. The van der Waals surface area contributed by atoms with E-state index in [-0.39, 0.29) is 17.9 Å². The van der Waals surface area contributed by atoms with E-state index in [1.165, 1.54) is 0 Å². The van der Waals surface area contributed by atoms with Crippen LogP contribution in [0.4, 0.5) is 0 Å². The lowest BCUT2D eigenvalue weighted by molar-refractivity contribution is -0.129. The zero-order valence-electron chi connectivity index (χ0n) is 9.96. The summed E-state index contributed by atoms with van der Waals surface area (Å²) in [4.78, 5) is 24.0. The van der Waals surface area contributed by atoms with Gasteiger partial charge in [0.2, 0.25) is 11.8 Å². The van der Waals surface area contributed by atoms with E-state index in [4.69, 9.17) is 0 Å². The van der Waals surface area contributed by atoms with Crippen LogP contribution in [0.1, 0.15) is 20.3 Å². The Morgan fingerprint density at radius 1 is 1.33 bits per heavy atom. The molecule has 0 aliphatic carbocycles. The number of carbonyl (C=O) groups is 2. The summed E-state index contributed by atoms with van der Waals surface area (Å²) in [6, 6.07) is -0.250. The molecule has 5 nitrogen and oxygen atoms in total. The molecule has 0 radical (unpaired) electrons. The van der Waals surface area contributed by atoms with Crippen LogP contribution in [0.15, 0.2) is 0 Å². The number of hydrogen-bond donors (Lipinski definition) is 2. The Morgan fingerprint density at radius 3 is 2.40 bits per heavy atom. The molecule has 0 saturated carbocycles. The van der Waals surface area contributed by atoms with Gasteiger partial charge in [-0.05, 0) is 13.8 Å². The van der Waals surface area contributed by atoms with Crippen LogP contribution < -0.4 is 10.6 Å². The molecule has 88 valence electrons. The van der Waals surface area contributed by atoms with Crippen molar-refractivity contribution in [2.45, 2.75) is 26.3 Å². The van der Waals surface area contributed by atoms with Crippen molar-refractivity contribution in [1.82, 2.24) is 15.5 Å². The third-order valence-electron chi connectivity index (χ3n) is 2.03. The van der Waals surface area contributed by atoms with Crippen LogP contribution in [0, 0.1) is 0 Å². The van der Waals surface area contributed by atoms with Gasteiger partial charge in [-0.15, -0.1) is 0 Å². The molecule has 0 rings (SSSR count). The third kappa shape index (κ3) is 6.06. The molecular weight excluding hydrogens is 194 g/mol. The summed E-state index contributed by atoms with van der Waals surface area (Å²) < 4.78 is 0. The second-order valence-electron chi connectivity index (χ2n) is 3.61. The van der Waals surface area contributed by atoms with Gasteiger partial charge in [0.05, 0.1) is 6.04 Å². The van der Waals surface area contributed by atoms with Crippen LogP contribution >= 0.6 is 0 Å². The zero-order valence-corrected chi connectivity index (χ0v) is 9.96. The van der Waals surface area contributed by atoms with Crippen molar-refractivity contribution in [3.8, 4) is 0 Å². The number of hydrogen-bond acceptors (Lipinski definition) is 3. The van der Waals surface area contributed by atoms with Gasteiger partial charge >= 0.3 is 0 Å². The molecule has 0 bridgehead atoms. The maximum absolute atomic E-state index is 11.3. The molecule has 0 aromatic rings. The molecule has 5 heteroatoms. The summed E-state index contributed by atoms with van der Waals surface area (Å²) in [7, 11) is 3.44. The van der Waals surface area contributed by atoms with Gasteiger partial charge in [-0.25, -0.2) is 0 Å². The minimum Gasteiger partial charge on any atom is -0.355 e. The van der Waals surface area contributed by atoms with Crippen LogP contribution in [0.25, 0.3) is 0 Å². The van der Waals surface area contributed by atoms with Crippen LogP contribution in [-0.4, -0.2) is 49.9 Å². The molecule has 0 spiro atoms. The molecule has 0 aliphatic heterocycles. The molecule has 1 atom stereocenters. The lowest BCUT2D eigenvalue weighted by atomic mass is 10.3. The van der Waals surface area contributed by atoms with Gasteiger partial charge in [0.15, 0.2) is 0 Å². The summed E-state index contributed by atoms with van der Waals surface area (Å²) in [6.45, 7) is 4.81. The van der Waals surface area contributed by atoms with Crippen molar-refractivity contribution in [3.63, 3.8) is 0 Å². The van der Waals surface area contributed by atoms with E-state index < -0.39 is 0 Å². The van der Waals surface area contributed by atoms with E-state index in [1.807, 2.05) is 6.92 Å². The topological polar surface area (TPSA) is 61.4 Å². The second-order valence-corrected chi connectivity index (χ2v) is 3.61. The quantitative estimate of drug-likeness (QED) is 0.632. The maximum Gasteiger partial charge on any atom is 0.236 e. The summed E-state index contributed by atoms with van der Waals surface area (Å²) in [5.74, 6) is 0.0281. The fraction of sp³-hybridized carbons (Fsp3) is 0.800. The number of carbonyl (C=O) groups excluding carboxylic acids is 2. The molecule has 0 aromatic heterocycles. The summed E-state index contributed by atoms with van der Waals surface area (Å²) in [5, 5.41) is 5.70. The Morgan fingerprint density at radius 2 is 1.93 bits per heavy atom. The molecule has 0 heterocycles. The molecule has 15 heavy (non-hydrogen) atoms. The summed E-state index contributed by atoms with van der Waals surface area (Å²) in [5.41, 5.74) is 0. The van der Waals surface area contributed by atoms with Gasteiger partial charge in [-0.1, -0.05) is 0 Å². The van der Waals surface area contributed by atoms with Crippen molar-refractivity contribution in [2.24, 2.45) is 0 Å². The fourth-order valence-corrected chi connectivity index (χ4v) is 1.04. The summed E-state index contributed by atoms with van der Waals surface area (Å²) in [6.07, 6.45) is 0.413. The molecule has 0 aliphatic rings. The van der Waals surface area contributed by atoms with Crippen LogP contribution in [-0.2, 0) is 9.59 Å². The third-order valence-corrected chi connectivity index (χ3v) is 2.03. The first kappa shape index (κ1) is 13.9. The van der Waals surface area contributed by atoms with E-state index in [9.17, 15) is 9.59 Å². The predicted molar refractivity (Wildman–Crippen MR) is 59.5 cm³/mol. The van der Waals surface area contributed by atoms with Crippen LogP contribution in [0.2, 0.25) is 0 Å². The van der Waals surface area contributed by atoms with Crippen molar-refractivity contribution < 1.29 is 9.59 Å². The van der Waals surface area contributed by atoms with E-state index in [0.717, 1.165) is 0 Å². The molecule has 2 amide bonds. The highest BCUT2D eigenvalue weighted by Gasteiger charge is 2.11. The number of nitrogens with zero attached hydrogens (tertiary/aromatic N) is 1. The average Bonchev–Trinajstić information content (AvgIpc) is 2.17. The molecule has 0 fully saturated rings. The highest BCUT2D eigenvalue weighted by atomic mass is 16.2. The van der Waals surface area contributed by atoms with E-state index >= 15 is 0 Å². The zero-order chi connectivity index (χ0) is 11.8. The fourth-order valence-electron chi connectivity index (χ4n) is 1.04. The van der Waals surface area contributed by atoms with Crippen LogP contribution in [0.5, 0.6) is 0 Å². The Labute approximate surface area is 91.2 Å². The Balaban J connectivity index is 3.67. The molecule has 0 aromatic carbocycles. The standard InChI is InChI=1S/C10H21N3O2/c1-5-11-10(15)8(2)12-7-6-9(14)13(3)4/h8,12H,5-7H2,1-4H3,(H,11,15). The SMILES string of the molecule is CCNC(=O)C(C)NCCC(=O)N(C)C. The van der Waals surface area contributed by atoms with E-state index in [2.05, 4.69) is 10.6 Å². The Bertz CT molecular complexity index is 217. The number of amides is 2. The van der Waals surface area contributed by atoms with Crippen molar-refractivity contribution in [1.29, 1.82) is 0 Å². The summed E-state index contributed by atoms with van der Waals surface area (Å²) >= 11 is 0. The van der Waals surface area contributed by atoms with Crippen molar-refractivity contribution in [2.75, 3.05) is 27.2 Å². The number of likely N-dealkylation sites (N-methyl/N-ethyl adjacent to an activating group) is 1. The van der Waals surface area contributed by atoms with Gasteiger partial charge in [-0.2, -0.15) is 0 Å². The molecule has 0 saturated heterocycles. The Kier molecular flexibility index (Phi) is 6.70. The van der Waals surface area contributed by atoms with Crippen molar-refractivity contribution in [3.05, 3.63) is 0 Å². The highest BCUT2D eigenvalue weighted by molar-refractivity contribution is 5.81. The molecule has 2 N–H and O–H groups in total. The first-order chi connectivity index (χ1) is 6.99. The number of rotatable bonds is 6. The maximum atomic E-state index is 11.3. The molecule has 1 unspecified atom stereocenters. The van der Waals surface area contributed by atoms with Gasteiger partial charge in [0.25, 0.3) is 0 Å². The van der Waals surface area contributed by atoms with Gasteiger partial charge in [0, 0.05) is 33.6 Å². The normalized spacial score (nSPS) is 12.0. The number of nitrogens with one attached hydrogen (secondary N) is 2. The first-order valence-corrected chi connectivity index (χ1v) is 5.20. The second kappa shape index (κ2) is 7.23. The van der Waals surface area contributed by atoms with Gasteiger partial charge < -0.3 is 15.5 Å². The minimum absolute atomic E-state index is 0.0326. The van der Waals surface area contributed by atoms with Gasteiger partial charge in [-0.3, -0.25) is 9.59 Å². The average molecular weight is 215 g/mol. The minimum atomic E-state index is -0.250. The van der Waals surface area contributed by atoms with Gasteiger partial charge in [0.1, 0.15) is 0 Å². The first-order valence-electron chi connectivity index (χ1n) is 5.20. The van der Waals surface area contributed by atoms with Crippen molar-refractivity contribution >= 4 is 11.8 Å². The van der Waals surface area contributed by atoms with E-state index in [0.29, 0.717) is 19.5 Å². The van der Waals surface area contributed by atoms with E-state index in [1.54, 1.807) is 25.9 Å². The lowest BCUT2D eigenvalue weighted by Crippen LogP contribution is -2.43. The molecular formula is C10H21N3O2. The predicted octanol–water partition coefficient (Wildman–Crippen LogP) is -0.421. The smallest absolute Gasteiger partial charge is 0.236 e. The Hall–Kier alpha value is -1.10. The monoisotopic (exact) mass is 215 g/mol.